The van der Waals surface area contributed by atoms with E-state index in [0.29, 0.717) is 0 Å². The number of para-hydroxylation sites is 2. The quantitative estimate of drug-likeness (QED) is 0.209. The summed E-state index contributed by atoms with van der Waals surface area (Å²) >= 11 is 0. The van der Waals surface area contributed by atoms with Gasteiger partial charge in [0, 0.05) is 27.2 Å². The maximum Gasteiger partial charge on any atom is 0.136 e. The number of hydrogen-bond acceptors (Lipinski definition) is 2. The minimum atomic E-state index is 0.912. The lowest BCUT2D eigenvalue weighted by molar-refractivity contribution is 0.669. The van der Waals surface area contributed by atoms with Gasteiger partial charge in [-0.05, 0) is 74.8 Å². The van der Waals surface area contributed by atoms with E-state index >= 15 is 0 Å². The first-order valence-electron chi connectivity index (χ1n) is 14.4. The van der Waals surface area contributed by atoms with E-state index in [1.54, 1.807) is 0 Å². The molecule has 0 radical (unpaired) electrons. The molecular formula is C40H25NO. The second kappa shape index (κ2) is 8.95. The number of furan rings is 1. The van der Waals surface area contributed by atoms with Gasteiger partial charge in [-0.15, -0.1) is 0 Å². The predicted octanol–water partition coefficient (Wildman–Crippen LogP) is 11.7. The Bertz CT molecular complexity index is 2460. The van der Waals surface area contributed by atoms with Crippen LogP contribution in [0.4, 0.5) is 17.1 Å². The molecule has 0 fully saturated rings. The summed E-state index contributed by atoms with van der Waals surface area (Å²) in [5, 5.41) is 12.2. The molecule has 0 atom stereocenters. The van der Waals surface area contributed by atoms with E-state index < -0.39 is 0 Å². The largest absolute Gasteiger partial charge is 0.456 e. The zero-order chi connectivity index (χ0) is 27.6. The molecule has 0 amide bonds. The van der Waals surface area contributed by atoms with Gasteiger partial charge < -0.3 is 9.32 Å². The Balaban J connectivity index is 1.43. The number of fused-ring (bicyclic) bond motifs is 10. The van der Waals surface area contributed by atoms with Crippen molar-refractivity contribution in [3.8, 4) is 0 Å². The highest BCUT2D eigenvalue weighted by Crippen LogP contribution is 2.47. The average molecular weight is 536 g/mol. The van der Waals surface area contributed by atoms with Gasteiger partial charge in [0.05, 0.1) is 11.4 Å². The Morgan fingerprint density at radius 1 is 0.357 bits per heavy atom. The van der Waals surface area contributed by atoms with Crippen LogP contribution in [0.5, 0.6) is 0 Å². The number of anilines is 3. The van der Waals surface area contributed by atoms with Crippen LogP contribution >= 0.6 is 0 Å². The standard InChI is InChI=1S/C40H25NO/c1-2-13-28(14-3-1)41(35-19-10-18-32-31(35)23-24-38-40(32)34-17-8-9-20-37(34)42-38)36-25-27-12-5-7-16-30(27)39-29-15-6-4-11-26(29)21-22-33(36)39/h1-25H. The Morgan fingerprint density at radius 2 is 1.02 bits per heavy atom. The van der Waals surface area contributed by atoms with Gasteiger partial charge in [0.15, 0.2) is 0 Å². The zero-order valence-electron chi connectivity index (χ0n) is 22.8. The van der Waals surface area contributed by atoms with Crippen LogP contribution < -0.4 is 4.90 Å². The minimum Gasteiger partial charge on any atom is -0.456 e. The molecule has 196 valence electrons. The predicted molar refractivity (Wildman–Crippen MR) is 178 cm³/mol. The van der Waals surface area contributed by atoms with Crippen LogP contribution in [-0.4, -0.2) is 0 Å². The lowest BCUT2D eigenvalue weighted by Crippen LogP contribution is -2.11. The van der Waals surface area contributed by atoms with Gasteiger partial charge in [-0.3, -0.25) is 0 Å². The van der Waals surface area contributed by atoms with Crippen LogP contribution in [0.2, 0.25) is 0 Å². The van der Waals surface area contributed by atoms with Crippen LogP contribution in [-0.2, 0) is 0 Å². The Kier molecular flexibility index (Phi) is 4.93. The first-order chi connectivity index (χ1) is 20.8. The molecule has 0 aliphatic heterocycles. The SMILES string of the molecule is c1ccc(N(c2cccc3c2ccc2oc4ccccc4c23)c2cc3ccccc3c3c2ccc2ccccc23)cc1. The molecule has 1 aromatic heterocycles. The molecule has 2 nitrogen and oxygen atoms in total. The second-order valence-corrected chi connectivity index (χ2v) is 10.9. The third kappa shape index (κ3) is 3.33. The van der Waals surface area contributed by atoms with Gasteiger partial charge >= 0.3 is 0 Å². The van der Waals surface area contributed by atoms with Gasteiger partial charge in [-0.2, -0.15) is 0 Å². The molecule has 9 aromatic rings. The molecule has 0 unspecified atom stereocenters. The van der Waals surface area contributed by atoms with Crippen LogP contribution in [0.3, 0.4) is 0 Å². The summed E-state index contributed by atoms with van der Waals surface area (Å²) in [6.45, 7) is 0. The maximum absolute atomic E-state index is 6.26. The van der Waals surface area contributed by atoms with E-state index in [9.17, 15) is 0 Å². The third-order valence-corrected chi connectivity index (χ3v) is 8.60. The van der Waals surface area contributed by atoms with Crippen molar-refractivity contribution in [2.24, 2.45) is 0 Å². The number of benzene rings is 8. The highest BCUT2D eigenvalue weighted by Gasteiger charge is 2.21. The highest BCUT2D eigenvalue weighted by atomic mass is 16.3. The topological polar surface area (TPSA) is 16.4 Å². The van der Waals surface area contributed by atoms with Crippen LogP contribution in [0.15, 0.2) is 156 Å². The van der Waals surface area contributed by atoms with Gasteiger partial charge in [0.25, 0.3) is 0 Å². The Labute approximate surface area is 242 Å². The molecule has 0 saturated carbocycles. The Hall–Kier alpha value is -5.60. The van der Waals surface area contributed by atoms with Gasteiger partial charge in [-0.1, -0.05) is 109 Å². The average Bonchev–Trinajstić information content (AvgIpc) is 3.44. The van der Waals surface area contributed by atoms with Crippen molar-refractivity contribution in [1.29, 1.82) is 0 Å². The summed E-state index contributed by atoms with van der Waals surface area (Å²) in [6.07, 6.45) is 0. The fourth-order valence-corrected chi connectivity index (χ4v) is 6.78. The minimum absolute atomic E-state index is 0.912. The molecule has 8 aromatic carbocycles. The summed E-state index contributed by atoms with van der Waals surface area (Å²) in [4.78, 5) is 2.43. The van der Waals surface area contributed by atoms with Crippen molar-refractivity contribution in [3.63, 3.8) is 0 Å². The summed E-state index contributed by atoms with van der Waals surface area (Å²) in [5.41, 5.74) is 5.24. The van der Waals surface area contributed by atoms with E-state index in [4.69, 9.17) is 4.42 Å². The van der Waals surface area contributed by atoms with Crippen LogP contribution in [0, 0.1) is 0 Å². The molecule has 42 heavy (non-hydrogen) atoms. The third-order valence-electron chi connectivity index (χ3n) is 8.60. The summed E-state index contributed by atoms with van der Waals surface area (Å²) in [7, 11) is 0. The maximum atomic E-state index is 6.26. The molecule has 0 aliphatic rings. The molecular weight excluding hydrogens is 510 g/mol. The Morgan fingerprint density at radius 3 is 1.88 bits per heavy atom. The van der Waals surface area contributed by atoms with Crippen molar-refractivity contribution in [1.82, 2.24) is 0 Å². The number of nitrogens with zero attached hydrogens (tertiary/aromatic N) is 1. The lowest BCUT2D eigenvalue weighted by atomic mass is 9.94. The van der Waals surface area contributed by atoms with E-state index in [1.165, 1.54) is 43.1 Å². The molecule has 0 saturated heterocycles. The summed E-state index contributed by atoms with van der Waals surface area (Å²) < 4.78 is 6.26. The first-order valence-corrected chi connectivity index (χ1v) is 14.4. The number of hydrogen-bond donors (Lipinski definition) is 0. The molecule has 2 heteroatoms. The van der Waals surface area contributed by atoms with Crippen molar-refractivity contribution in [2.75, 3.05) is 4.90 Å². The van der Waals surface area contributed by atoms with Crippen molar-refractivity contribution in [2.45, 2.75) is 0 Å². The van der Waals surface area contributed by atoms with Crippen molar-refractivity contribution < 1.29 is 4.42 Å². The fraction of sp³-hybridized carbons (Fsp3) is 0. The lowest BCUT2D eigenvalue weighted by Gasteiger charge is -2.29. The molecule has 9 rings (SSSR count). The highest BCUT2D eigenvalue weighted by molar-refractivity contribution is 6.26. The van der Waals surface area contributed by atoms with Crippen LogP contribution in [0.25, 0.3) is 65.0 Å². The fourth-order valence-electron chi connectivity index (χ4n) is 6.78. The van der Waals surface area contributed by atoms with Crippen LogP contribution in [0.1, 0.15) is 0 Å². The van der Waals surface area contributed by atoms with E-state index in [-0.39, 0.29) is 0 Å². The van der Waals surface area contributed by atoms with E-state index in [2.05, 4.69) is 144 Å². The smallest absolute Gasteiger partial charge is 0.136 e. The van der Waals surface area contributed by atoms with Gasteiger partial charge in [0.1, 0.15) is 11.2 Å². The van der Waals surface area contributed by atoms with Crippen molar-refractivity contribution in [3.05, 3.63) is 152 Å². The van der Waals surface area contributed by atoms with Gasteiger partial charge in [0.2, 0.25) is 0 Å². The van der Waals surface area contributed by atoms with E-state index in [0.717, 1.165) is 39.0 Å². The summed E-state index contributed by atoms with van der Waals surface area (Å²) in [5.74, 6) is 0. The molecule has 0 aliphatic carbocycles. The normalized spacial score (nSPS) is 11.8. The molecule has 0 spiro atoms. The number of rotatable bonds is 3. The van der Waals surface area contributed by atoms with Crippen molar-refractivity contribution >= 4 is 82.1 Å². The van der Waals surface area contributed by atoms with Gasteiger partial charge in [-0.25, -0.2) is 0 Å². The molecule has 1 heterocycles. The first kappa shape index (κ1) is 23.1. The zero-order valence-corrected chi connectivity index (χ0v) is 22.8. The molecule has 0 bridgehead atoms. The van der Waals surface area contributed by atoms with E-state index in [1.807, 2.05) is 12.1 Å². The summed E-state index contributed by atoms with van der Waals surface area (Å²) in [6, 6.07) is 54.4. The monoisotopic (exact) mass is 535 g/mol. The second-order valence-electron chi connectivity index (χ2n) is 10.9. The molecule has 0 N–H and O–H groups in total.